The number of nitrogens with zero attached hydrogens (tertiary/aromatic N) is 1. The lowest BCUT2D eigenvalue weighted by molar-refractivity contribution is -0.132. The molecular formula is C25H20ClNO3. The summed E-state index contributed by atoms with van der Waals surface area (Å²) in [5, 5.41) is 11.6. The van der Waals surface area contributed by atoms with Crippen molar-refractivity contribution in [2.75, 3.05) is 4.90 Å². The third kappa shape index (κ3) is 3.51. The Morgan fingerprint density at radius 2 is 1.57 bits per heavy atom. The van der Waals surface area contributed by atoms with Gasteiger partial charge in [-0.1, -0.05) is 59.1 Å². The van der Waals surface area contributed by atoms with Crippen LogP contribution in [0.15, 0.2) is 78.4 Å². The molecule has 1 N–H and O–H groups in total. The number of carbonyl (C=O) groups is 2. The molecule has 3 aromatic carbocycles. The molecule has 150 valence electrons. The van der Waals surface area contributed by atoms with Gasteiger partial charge in [0, 0.05) is 16.3 Å². The van der Waals surface area contributed by atoms with E-state index >= 15 is 0 Å². The van der Waals surface area contributed by atoms with Gasteiger partial charge in [0.1, 0.15) is 5.76 Å². The van der Waals surface area contributed by atoms with Crippen molar-refractivity contribution >= 4 is 34.7 Å². The van der Waals surface area contributed by atoms with E-state index in [1.54, 1.807) is 24.3 Å². The molecule has 1 heterocycles. The zero-order valence-corrected chi connectivity index (χ0v) is 17.4. The van der Waals surface area contributed by atoms with E-state index in [1.165, 1.54) is 4.90 Å². The summed E-state index contributed by atoms with van der Waals surface area (Å²) in [5.41, 5.74) is 3.89. The van der Waals surface area contributed by atoms with E-state index in [9.17, 15) is 14.7 Å². The molecule has 1 aliphatic heterocycles. The number of aryl methyl sites for hydroxylation is 2. The third-order valence-electron chi connectivity index (χ3n) is 5.23. The van der Waals surface area contributed by atoms with Crippen LogP contribution in [0.3, 0.4) is 0 Å². The van der Waals surface area contributed by atoms with Crippen molar-refractivity contribution in [3.8, 4) is 0 Å². The van der Waals surface area contributed by atoms with Gasteiger partial charge in [-0.3, -0.25) is 14.5 Å². The number of amides is 1. The SMILES string of the molecule is Cc1ccc(N2C(=O)C(=O)/C(=C(\O)c3ccc(Cl)cc3)C2c2cccc(C)c2)cc1. The fourth-order valence-electron chi connectivity index (χ4n) is 3.72. The Labute approximate surface area is 180 Å². The number of rotatable bonds is 3. The topological polar surface area (TPSA) is 57.6 Å². The molecule has 1 atom stereocenters. The van der Waals surface area contributed by atoms with Crippen LogP contribution in [-0.4, -0.2) is 16.8 Å². The van der Waals surface area contributed by atoms with Crippen molar-refractivity contribution in [1.29, 1.82) is 0 Å². The first-order valence-corrected chi connectivity index (χ1v) is 9.95. The molecule has 1 aliphatic rings. The van der Waals surface area contributed by atoms with Crippen molar-refractivity contribution in [2.45, 2.75) is 19.9 Å². The molecule has 0 aromatic heterocycles. The van der Waals surface area contributed by atoms with Crippen molar-refractivity contribution < 1.29 is 14.7 Å². The predicted molar refractivity (Wildman–Crippen MR) is 119 cm³/mol. The van der Waals surface area contributed by atoms with Crippen molar-refractivity contribution in [1.82, 2.24) is 0 Å². The molecule has 0 radical (unpaired) electrons. The van der Waals surface area contributed by atoms with Gasteiger partial charge in [-0.25, -0.2) is 0 Å². The van der Waals surface area contributed by atoms with Gasteiger partial charge >= 0.3 is 0 Å². The van der Waals surface area contributed by atoms with Gasteiger partial charge in [0.2, 0.25) is 0 Å². The number of aliphatic hydroxyl groups excluding tert-OH is 1. The molecule has 1 fully saturated rings. The fourth-order valence-corrected chi connectivity index (χ4v) is 3.85. The second-order valence-electron chi connectivity index (χ2n) is 7.43. The highest BCUT2D eigenvalue weighted by Crippen LogP contribution is 2.42. The van der Waals surface area contributed by atoms with E-state index in [2.05, 4.69) is 0 Å². The number of ketones is 1. The lowest BCUT2D eigenvalue weighted by Gasteiger charge is -2.25. The summed E-state index contributed by atoms with van der Waals surface area (Å²) in [5.74, 6) is -1.60. The van der Waals surface area contributed by atoms with E-state index in [-0.39, 0.29) is 11.3 Å². The summed E-state index contributed by atoms with van der Waals surface area (Å²) >= 11 is 5.96. The summed E-state index contributed by atoms with van der Waals surface area (Å²) in [4.78, 5) is 27.6. The molecule has 1 saturated heterocycles. The van der Waals surface area contributed by atoms with Crippen LogP contribution < -0.4 is 4.90 Å². The van der Waals surface area contributed by atoms with E-state index in [1.807, 2.05) is 62.4 Å². The van der Waals surface area contributed by atoms with E-state index in [0.29, 0.717) is 16.3 Å². The Morgan fingerprint density at radius 3 is 2.20 bits per heavy atom. The van der Waals surface area contributed by atoms with Crippen LogP contribution in [0.1, 0.15) is 28.3 Å². The summed E-state index contributed by atoms with van der Waals surface area (Å²) in [7, 11) is 0. The molecule has 0 saturated carbocycles. The summed E-state index contributed by atoms with van der Waals surface area (Å²) in [6.45, 7) is 3.90. The van der Waals surface area contributed by atoms with Crippen LogP contribution in [0.25, 0.3) is 5.76 Å². The average molecular weight is 418 g/mol. The monoisotopic (exact) mass is 417 g/mol. The van der Waals surface area contributed by atoms with Crippen LogP contribution in [0.4, 0.5) is 5.69 Å². The zero-order valence-electron chi connectivity index (χ0n) is 16.6. The molecule has 1 amide bonds. The number of carbonyl (C=O) groups excluding carboxylic acids is 2. The molecule has 4 rings (SSSR count). The van der Waals surface area contributed by atoms with E-state index < -0.39 is 17.7 Å². The normalized spacial score (nSPS) is 18.1. The van der Waals surface area contributed by atoms with Crippen molar-refractivity contribution in [2.24, 2.45) is 0 Å². The predicted octanol–water partition coefficient (Wildman–Crippen LogP) is 5.58. The largest absolute Gasteiger partial charge is 0.507 e. The minimum Gasteiger partial charge on any atom is -0.507 e. The second kappa shape index (κ2) is 7.81. The number of benzene rings is 3. The number of hydrogen-bond donors (Lipinski definition) is 1. The van der Waals surface area contributed by atoms with Gasteiger partial charge in [-0.05, 0) is 55.8 Å². The van der Waals surface area contributed by atoms with Gasteiger partial charge in [0.25, 0.3) is 11.7 Å². The number of Topliss-reactive ketones (excluding diaryl/α,β-unsaturated/α-hetero) is 1. The maximum absolute atomic E-state index is 13.1. The lowest BCUT2D eigenvalue weighted by atomic mass is 9.94. The molecule has 5 heteroatoms. The molecule has 4 nitrogen and oxygen atoms in total. The zero-order chi connectivity index (χ0) is 21.4. The highest BCUT2D eigenvalue weighted by molar-refractivity contribution is 6.51. The molecule has 0 aliphatic carbocycles. The average Bonchev–Trinajstić information content (AvgIpc) is 3.00. The standard InChI is InChI=1S/C25H20ClNO3/c1-15-6-12-20(13-7-15)27-22(18-5-3-4-16(2)14-18)21(24(29)25(27)30)23(28)17-8-10-19(26)11-9-17/h3-14,22,28H,1-2H3/b23-21-. The maximum atomic E-state index is 13.1. The van der Waals surface area contributed by atoms with Gasteiger partial charge < -0.3 is 5.11 Å². The Morgan fingerprint density at radius 1 is 0.900 bits per heavy atom. The van der Waals surface area contributed by atoms with Crippen molar-refractivity contribution in [3.63, 3.8) is 0 Å². The maximum Gasteiger partial charge on any atom is 0.300 e. The first-order chi connectivity index (χ1) is 14.4. The Bertz CT molecular complexity index is 1160. The summed E-state index contributed by atoms with van der Waals surface area (Å²) in [6.07, 6.45) is 0. The lowest BCUT2D eigenvalue weighted by Crippen LogP contribution is -2.29. The van der Waals surface area contributed by atoms with Crippen LogP contribution in [0.5, 0.6) is 0 Å². The summed E-state index contributed by atoms with van der Waals surface area (Å²) in [6, 6.07) is 20.8. The van der Waals surface area contributed by atoms with Gasteiger partial charge in [0.05, 0.1) is 11.6 Å². The highest BCUT2D eigenvalue weighted by Gasteiger charge is 2.46. The molecule has 1 unspecified atom stereocenters. The van der Waals surface area contributed by atoms with Crippen molar-refractivity contribution in [3.05, 3.63) is 106 Å². The number of aliphatic hydroxyl groups is 1. The quantitative estimate of drug-likeness (QED) is 0.343. The first kappa shape index (κ1) is 19.9. The molecule has 0 spiro atoms. The minimum absolute atomic E-state index is 0.0634. The molecule has 3 aromatic rings. The van der Waals surface area contributed by atoms with Crippen LogP contribution >= 0.6 is 11.6 Å². The number of anilines is 1. The summed E-state index contributed by atoms with van der Waals surface area (Å²) < 4.78 is 0. The first-order valence-electron chi connectivity index (χ1n) is 9.57. The van der Waals surface area contributed by atoms with E-state index in [0.717, 1.165) is 16.7 Å². The highest BCUT2D eigenvalue weighted by atomic mass is 35.5. The van der Waals surface area contributed by atoms with Crippen LogP contribution in [0, 0.1) is 13.8 Å². The number of halogens is 1. The smallest absolute Gasteiger partial charge is 0.300 e. The van der Waals surface area contributed by atoms with E-state index in [4.69, 9.17) is 11.6 Å². The fraction of sp³-hybridized carbons (Fsp3) is 0.120. The molecule has 0 bridgehead atoms. The van der Waals surface area contributed by atoms with Gasteiger partial charge in [-0.15, -0.1) is 0 Å². The van der Waals surface area contributed by atoms with Gasteiger partial charge in [-0.2, -0.15) is 0 Å². The molecular weight excluding hydrogens is 398 g/mol. The Hall–Kier alpha value is -3.37. The Kier molecular flexibility index (Phi) is 5.18. The third-order valence-corrected chi connectivity index (χ3v) is 5.48. The van der Waals surface area contributed by atoms with Gasteiger partial charge in [0.15, 0.2) is 0 Å². The Balaban J connectivity index is 1.95. The van der Waals surface area contributed by atoms with Crippen LogP contribution in [-0.2, 0) is 9.59 Å². The van der Waals surface area contributed by atoms with Crippen LogP contribution in [0.2, 0.25) is 5.02 Å². The molecule has 30 heavy (non-hydrogen) atoms. The second-order valence-corrected chi connectivity index (χ2v) is 7.86. The number of hydrogen-bond acceptors (Lipinski definition) is 3. The minimum atomic E-state index is -0.733.